The van der Waals surface area contributed by atoms with Gasteiger partial charge in [-0.1, -0.05) is 11.6 Å². The Kier molecular flexibility index (Phi) is 2.80. The third-order valence-electron chi connectivity index (χ3n) is 2.96. The Balaban J connectivity index is 1.99. The number of thiazole rings is 1. The van der Waals surface area contributed by atoms with E-state index in [0.29, 0.717) is 17.1 Å². The van der Waals surface area contributed by atoms with E-state index in [4.69, 9.17) is 16.7 Å². The van der Waals surface area contributed by atoms with Crippen molar-refractivity contribution in [3.63, 3.8) is 0 Å². The Labute approximate surface area is 112 Å². The first kappa shape index (κ1) is 11.6. The summed E-state index contributed by atoms with van der Waals surface area (Å²) in [5, 5.41) is 10.4. The van der Waals surface area contributed by atoms with Crippen LogP contribution in [0.5, 0.6) is 0 Å². The number of halogens is 1. The van der Waals surface area contributed by atoms with Crippen LogP contribution < -0.4 is 0 Å². The minimum Gasteiger partial charge on any atom is -0.481 e. The standard InChI is InChI=1S/C12H9ClN2O2S/c13-6-1-3-8(14-5-6)11-15-10-7(12(16)17)2-4-9(10)18-11/h1,3,5,7H,2,4H2,(H,16,17). The van der Waals surface area contributed by atoms with Crippen molar-refractivity contribution >= 4 is 28.9 Å². The number of aliphatic carboxylic acids is 1. The van der Waals surface area contributed by atoms with Crippen molar-refractivity contribution in [3.05, 3.63) is 33.9 Å². The normalized spacial score (nSPS) is 17.7. The highest BCUT2D eigenvalue weighted by Crippen LogP contribution is 2.39. The molecule has 18 heavy (non-hydrogen) atoms. The number of nitrogens with zero attached hydrogens (tertiary/aromatic N) is 2. The third kappa shape index (κ3) is 1.89. The molecule has 1 aliphatic rings. The van der Waals surface area contributed by atoms with E-state index in [1.54, 1.807) is 18.3 Å². The molecule has 1 atom stereocenters. The van der Waals surface area contributed by atoms with Gasteiger partial charge in [0.2, 0.25) is 0 Å². The SMILES string of the molecule is O=C(O)C1CCc2sc(-c3ccc(Cl)cn3)nc21. The fraction of sp³-hybridized carbons (Fsp3) is 0.250. The number of aryl methyl sites for hydroxylation is 1. The lowest BCUT2D eigenvalue weighted by molar-refractivity contribution is -0.138. The number of hydrogen-bond donors (Lipinski definition) is 1. The average molecular weight is 281 g/mol. The van der Waals surface area contributed by atoms with Crippen molar-refractivity contribution in [3.8, 4) is 10.7 Å². The van der Waals surface area contributed by atoms with Crippen molar-refractivity contribution in [1.82, 2.24) is 9.97 Å². The summed E-state index contributed by atoms with van der Waals surface area (Å²) < 4.78 is 0. The van der Waals surface area contributed by atoms with Crippen LogP contribution in [0.4, 0.5) is 0 Å². The molecule has 6 heteroatoms. The maximum Gasteiger partial charge on any atom is 0.312 e. The van der Waals surface area contributed by atoms with Gasteiger partial charge in [-0.05, 0) is 25.0 Å². The minimum atomic E-state index is -0.797. The van der Waals surface area contributed by atoms with E-state index >= 15 is 0 Å². The van der Waals surface area contributed by atoms with Crippen LogP contribution in [0, 0.1) is 0 Å². The summed E-state index contributed by atoms with van der Waals surface area (Å²) in [4.78, 5) is 20.8. The summed E-state index contributed by atoms with van der Waals surface area (Å²) in [7, 11) is 0. The van der Waals surface area contributed by atoms with Crippen LogP contribution in [-0.4, -0.2) is 21.0 Å². The molecule has 0 amide bonds. The summed E-state index contributed by atoms with van der Waals surface area (Å²) >= 11 is 7.30. The van der Waals surface area contributed by atoms with E-state index < -0.39 is 11.9 Å². The van der Waals surface area contributed by atoms with Gasteiger partial charge in [0.15, 0.2) is 0 Å². The largest absolute Gasteiger partial charge is 0.481 e. The molecule has 0 bridgehead atoms. The van der Waals surface area contributed by atoms with Gasteiger partial charge in [0.05, 0.1) is 16.4 Å². The highest BCUT2D eigenvalue weighted by molar-refractivity contribution is 7.15. The smallest absolute Gasteiger partial charge is 0.312 e. The summed E-state index contributed by atoms with van der Waals surface area (Å²) in [6, 6.07) is 3.55. The van der Waals surface area contributed by atoms with Crippen LogP contribution in [-0.2, 0) is 11.2 Å². The van der Waals surface area contributed by atoms with Gasteiger partial charge in [-0.25, -0.2) is 4.98 Å². The van der Waals surface area contributed by atoms with Gasteiger partial charge in [-0.3, -0.25) is 9.78 Å². The monoisotopic (exact) mass is 280 g/mol. The lowest BCUT2D eigenvalue weighted by Crippen LogP contribution is -2.08. The molecule has 0 aliphatic heterocycles. The van der Waals surface area contributed by atoms with E-state index in [-0.39, 0.29) is 0 Å². The van der Waals surface area contributed by atoms with Gasteiger partial charge in [0.25, 0.3) is 0 Å². The first-order chi connectivity index (χ1) is 8.65. The zero-order valence-electron chi connectivity index (χ0n) is 9.26. The summed E-state index contributed by atoms with van der Waals surface area (Å²) in [6.45, 7) is 0. The second-order valence-electron chi connectivity index (χ2n) is 4.12. The second kappa shape index (κ2) is 4.33. The molecule has 1 aliphatic carbocycles. The van der Waals surface area contributed by atoms with Crippen molar-refractivity contribution in [2.45, 2.75) is 18.8 Å². The Morgan fingerprint density at radius 3 is 3.00 bits per heavy atom. The lowest BCUT2D eigenvalue weighted by Gasteiger charge is -2.01. The number of hydrogen-bond acceptors (Lipinski definition) is 4. The number of aromatic nitrogens is 2. The first-order valence-electron chi connectivity index (χ1n) is 5.49. The van der Waals surface area contributed by atoms with E-state index in [9.17, 15) is 4.79 Å². The molecule has 2 aromatic rings. The molecule has 2 aromatic heterocycles. The van der Waals surface area contributed by atoms with Crippen molar-refractivity contribution in [1.29, 1.82) is 0 Å². The molecule has 0 fully saturated rings. The molecule has 2 heterocycles. The lowest BCUT2D eigenvalue weighted by atomic mass is 10.1. The maximum absolute atomic E-state index is 11.1. The maximum atomic E-state index is 11.1. The molecule has 0 saturated heterocycles. The number of carboxylic acid groups (broad SMARTS) is 1. The predicted molar refractivity (Wildman–Crippen MR) is 69.1 cm³/mol. The van der Waals surface area contributed by atoms with Gasteiger partial charge in [-0.2, -0.15) is 0 Å². The van der Waals surface area contributed by atoms with Crippen LogP contribution in [0.15, 0.2) is 18.3 Å². The van der Waals surface area contributed by atoms with Gasteiger partial charge in [0, 0.05) is 11.1 Å². The Hall–Kier alpha value is -1.46. The molecular formula is C12H9ClN2O2S. The number of rotatable bonds is 2. The molecule has 0 radical (unpaired) electrons. The van der Waals surface area contributed by atoms with Crippen LogP contribution in [0.25, 0.3) is 10.7 Å². The second-order valence-corrected chi connectivity index (χ2v) is 5.64. The summed E-state index contributed by atoms with van der Waals surface area (Å²) in [6.07, 6.45) is 3.01. The van der Waals surface area contributed by atoms with Crippen molar-refractivity contribution in [2.75, 3.05) is 0 Å². The molecule has 1 unspecified atom stereocenters. The van der Waals surface area contributed by atoms with E-state index in [2.05, 4.69) is 9.97 Å². The van der Waals surface area contributed by atoms with Crippen LogP contribution in [0.1, 0.15) is 22.9 Å². The van der Waals surface area contributed by atoms with Crippen molar-refractivity contribution < 1.29 is 9.90 Å². The van der Waals surface area contributed by atoms with E-state index in [0.717, 1.165) is 22.0 Å². The predicted octanol–water partition coefficient (Wildman–Crippen LogP) is 2.97. The zero-order chi connectivity index (χ0) is 12.7. The fourth-order valence-corrected chi connectivity index (χ4v) is 3.31. The van der Waals surface area contributed by atoms with Crippen LogP contribution in [0.3, 0.4) is 0 Å². The molecule has 4 nitrogen and oxygen atoms in total. The number of carbonyl (C=O) groups is 1. The molecule has 0 aromatic carbocycles. The molecule has 92 valence electrons. The quantitative estimate of drug-likeness (QED) is 0.918. The molecular weight excluding hydrogens is 272 g/mol. The first-order valence-corrected chi connectivity index (χ1v) is 6.69. The van der Waals surface area contributed by atoms with Gasteiger partial charge < -0.3 is 5.11 Å². The van der Waals surface area contributed by atoms with Crippen LogP contribution in [0.2, 0.25) is 5.02 Å². The molecule has 0 saturated carbocycles. The van der Waals surface area contributed by atoms with E-state index in [1.165, 1.54) is 11.3 Å². The number of pyridine rings is 1. The summed E-state index contributed by atoms with van der Waals surface area (Å²) in [5.41, 5.74) is 1.45. The van der Waals surface area contributed by atoms with Gasteiger partial charge in [0.1, 0.15) is 10.9 Å². The highest BCUT2D eigenvalue weighted by Gasteiger charge is 2.32. The fourth-order valence-electron chi connectivity index (χ4n) is 2.08. The Morgan fingerprint density at radius 2 is 2.33 bits per heavy atom. The third-order valence-corrected chi connectivity index (χ3v) is 4.34. The minimum absolute atomic E-state index is 0.461. The zero-order valence-corrected chi connectivity index (χ0v) is 10.8. The Bertz CT molecular complexity index is 609. The van der Waals surface area contributed by atoms with Crippen molar-refractivity contribution in [2.24, 2.45) is 0 Å². The average Bonchev–Trinajstić information content (AvgIpc) is 2.88. The number of carboxylic acids is 1. The molecule has 3 rings (SSSR count). The van der Waals surface area contributed by atoms with E-state index in [1.807, 2.05) is 0 Å². The molecule has 1 N–H and O–H groups in total. The Morgan fingerprint density at radius 1 is 1.50 bits per heavy atom. The van der Waals surface area contributed by atoms with Gasteiger partial charge in [-0.15, -0.1) is 11.3 Å². The van der Waals surface area contributed by atoms with Gasteiger partial charge >= 0.3 is 5.97 Å². The number of fused-ring (bicyclic) bond motifs is 1. The highest BCUT2D eigenvalue weighted by atomic mass is 35.5. The summed E-state index contributed by atoms with van der Waals surface area (Å²) in [5.74, 6) is -1.26. The topological polar surface area (TPSA) is 63.1 Å². The van der Waals surface area contributed by atoms with Crippen LogP contribution >= 0.6 is 22.9 Å². The molecule has 0 spiro atoms.